The van der Waals surface area contributed by atoms with Crippen LogP contribution in [0, 0.1) is 5.82 Å². The highest BCUT2D eigenvalue weighted by atomic mass is 19.1. The van der Waals surface area contributed by atoms with E-state index >= 15 is 0 Å². The number of nitrogens with zero attached hydrogens (tertiary/aromatic N) is 2. The van der Waals surface area contributed by atoms with Crippen LogP contribution < -0.4 is 0 Å². The average molecular weight is 282 g/mol. The Bertz CT molecular complexity index is 649. The highest BCUT2D eigenvalue weighted by Gasteiger charge is 2.42. The van der Waals surface area contributed by atoms with Gasteiger partial charge in [0.1, 0.15) is 5.82 Å². The van der Waals surface area contributed by atoms with E-state index in [1.165, 1.54) is 44.0 Å². The van der Waals surface area contributed by atoms with Gasteiger partial charge >= 0.3 is 0 Å². The first-order valence-electron chi connectivity index (χ1n) is 7.71. The average Bonchev–Trinajstić information content (AvgIpc) is 2.84. The summed E-state index contributed by atoms with van der Waals surface area (Å²) in [5.74, 6) is -0.208. The van der Waals surface area contributed by atoms with Gasteiger partial charge in [0.25, 0.3) is 0 Å². The molecule has 0 aliphatic carbocycles. The third-order valence-corrected chi connectivity index (χ3v) is 5.09. The molecule has 2 aliphatic heterocycles. The molecule has 0 amide bonds. The molecule has 2 aromatic rings. The molecule has 2 unspecified atom stereocenters. The number of halogens is 1. The number of benzene rings is 1. The molecule has 0 saturated carbocycles. The molecular formula is C18H19FN2. The van der Waals surface area contributed by atoms with Crippen molar-refractivity contribution in [3.63, 3.8) is 0 Å². The molecule has 2 saturated heterocycles. The molecule has 4 rings (SSSR count). The van der Waals surface area contributed by atoms with E-state index in [-0.39, 0.29) is 5.82 Å². The van der Waals surface area contributed by atoms with Crippen molar-refractivity contribution in [1.29, 1.82) is 0 Å². The van der Waals surface area contributed by atoms with Gasteiger partial charge in [-0.3, -0.25) is 4.98 Å². The van der Waals surface area contributed by atoms with Gasteiger partial charge in [-0.1, -0.05) is 18.2 Å². The first-order valence-corrected chi connectivity index (χ1v) is 7.71. The first-order chi connectivity index (χ1) is 10.3. The maximum atomic E-state index is 13.8. The lowest BCUT2D eigenvalue weighted by molar-refractivity contribution is 0.243. The van der Waals surface area contributed by atoms with Gasteiger partial charge in [0.15, 0.2) is 0 Å². The SMILES string of the molecule is Fc1ccccc1-c1ccc(C23CCCN(CC2)C3)cn1. The Morgan fingerprint density at radius 1 is 1.05 bits per heavy atom. The number of hydrogen-bond acceptors (Lipinski definition) is 2. The quantitative estimate of drug-likeness (QED) is 0.836. The standard InChI is InChI=1S/C18H19FN2/c19-16-5-2-1-4-15(16)17-7-6-14(12-20-17)18-8-3-10-21(13-18)11-9-18/h1-2,4-7,12H,3,8-11,13H2. The van der Waals surface area contributed by atoms with E-state index < -0.39 is 0 Å². The lowest BCUT2D eigenvalue weighted by Gasteiger charge is -2.34. The molecular weight excluding hydrogens is 263 g/mol. The van der Waals surface area contributed by atoms with Crippen LogP contribution in [0.1, 0.15) is 24.8 Å². The Hall–Kier alpha value is -1.74. The summed E-state index contributed by atoms with van der Waals surface area (Å²) < 4.78 is 13.8. The summed E-state index contributed by atoms with van der Waals surface area (Å²) in [4.78, 5) is 7.09. The summed E-state index contributed by atoms with van der Waals surface area (Å²) in [5.41, 5.74) is 2.92. The van der Waals surface area contributed by atoms with Gasteiger partial charge in [0.05, 0.1) is 5.69 Å². The summed E-state index contributed by atoms with van der Waals surface area (Å²) in [6.45, 7) is 3.60. The van der Waals surface area contributed by atoms with Crippen LogP contribution in [0.15, 0.2) is 42.6 Å². The normalized spacial score (nSPS) is 27.8. The molecule has 0 radical (unpaired) electrons. The van der Waals surface area contributed by atoms with Gasteiger partial charge in [0.2, 0.25) is 0 Å². The lowest BCUT2D eigenvalue weighted by Crippen LogP contribution is -2.36. The Morgan fingerprint density at radius 2 is 1.95 bits per heavy atom. The second-order valence-corrected chi connectivity index (χ2v) is 6.32. The van der Waals surface area contributed by atoms with Crippen LogP contribution in [0.25, 0.3) is 11.3 Å². The van der Waals surface area contributed by atoms with E-state index in [4.69, 9.17) is 0 Å². The fourth-order valence-corrected chi connectivity index (χ4v) is 3.91. The number of hydrogen-bond donors (Lipinski definition) is 0. The molecule has 1 aromatic heterocycles. The van der Waals surface area contributed by atoms with Gasteiger partial charge in [0, 0.05) is 23.7 Å². The molecule has 1 aromatic carbocycles. The highest BCUT2D eigenvalue weighted by molar-refractivity contribution is 5.60. The van der Waals surface area contributed by atoms with E-state index in [0.717, 1.165) is 12.2 Å². The second kappa shape index (κ2) is 4.92. The summed E-state index contributed by atoms with van der Waals surface area (Å²) in [5, 5.41) is 0. The van der Waals surface area contributed by atoms with Crippen molar-refractivity contribution in [1.82, 2.24) is 9.88 Å². The molecule has 2 nitrogen and oxygen atoms in total. The fraction of sp³-hybridized carbons (Fsp3) is 0.389. The Morgan fingerprint density at radius 3 is 2.76 bits per heavy atom. The van der Waals surface area contributed by atoms with E-state index in [9.17, 15) is 4.39 Å². The molecule has 0 spiro atoms. The fourth-order valence-electron chi connectivity index (χ4n) is 3.91. The number of rotatable bonds is 2. The maximum Gasteiger partial charge on any atom is 0.132 e. The number of pyridine rings is 1. The molecule has 108 valence electrons. The molecule has 2 fully saturated rings. The summed E-state index contributed by atoms with van der Waals surface area (Å²) in [6, 6.07) is 11.0. The van der Waals surface area contributed by atoms with E-state index in [1.807, 2.05) is 18.3 Å². The molecule has 2 atom stereocenters. The van der Waals surface area contributed by atoms with Crippen molar-refractivity contribution >= 4 is 0 Å². The minimum Gasteiger partial charge on any atom is -0.302 e. The topological polar surface area (TPSA) is 16.1 Å². The second-order valence-electron chi connectivity index (χ2n) is 6.32. The van der Waals surface area contributed by atoms with Gasteiger partial charge in [-0.25, -0.2) is 4.39 Å². The predicted molar refractivity (Wildman–Crippen MR) is 81.6 cm³/mol. The maximum absolute atomic E-state index is 13.8. The Kier molecular flexibility index (Phi) is 3.03. The molecule has 2 bridgehead atoms. The molecule has 2 aliphatic rings. The van der Waals surface area contributed by atoms with Gasteiger partial charge in [-0.2, -0.15) is 0 Å². The minimum atomic E-state index is -0.208. The van der Waals surface area contributed by atoms with Crippen molar-refractivity contribution < 1.29 is 4.39 Å². The molecule has 3 heterocycles. The van der Waals surface area contributed by atoms with E-state index in [0.29, 0.717) is 11.0 Å². The molecule has 3 heteroatoms. The summed E-state index contributed by atoms with van der Waals surface area (Å²) >= 11 is 0. The highest BCUT2D eigenvalue weighted by Crippen LogP contribution is 2.42. The van der Waals surface area contributed by atoms with Crippen LogP contribution in [-0.2, 0) is 5.41 Å². The number of aromatic nitrogens is 1. The van der Waals surface area contributed by atoms with Crippen LogP contribution in [0.2, 0.25) is 0 Å². The molecule has 21 heavy (non-hydrogen) atoms. The van der Waals surface area contributed by atoms with Crippen LogP contribution >= 0.6 is 0 Å². The zero-order valence-electron chi connectivity index (χ0n) is 12.1. The summed E-state index contributed by atoms with van der Waals surface area (Å²) in [6.07, 6.45) is 5.73. The number of fused-ring (bicyclic) bond motifs is 2. The largest absolute Gasteiger partial charge is 0.302 e. The van der Waals surface area contributed by atoms with Crippen molar-refractivity contribution in [3.05, 3.63) is 54.0 Å². The zero-order valence-corrected chi connectivity index (χ0v) is 12.1. The van der Waals surface area contributed by atoms with Crippen LogP contribution in [-0.4, -0.2) is 29.5 Å². The lowest BCUT2D eigenvalue weighted by atomic mass is 9.75. The van der Waals surface area contributed by atoms with Crippen LogP contribution in [0.3, 0.4) is 0 Å². The number of piperidine rings is 1. The van der Waals surface area contributed by atoms with Gasteiger partial charge in [-0.15, -0.1) is 0 Å². The van der Waals surface area contributed by atoms with E-state index in [2.05, 4.69) is 16.0 Å². The van der Waals surface area contributed by atoms with Crippen LogP contribution in [0.5, 0.6) is 0 Å². The first kappa shape index (κ1) is 13.0. The Labute approximate surface area is 124 Å². The monoisotopic (exact) mass is 282 g/mol. The third kappa shape index (κ3) is 2.16. The van der Waals surface area contributed by atoms with Crippen LogP contribution in [0.4, 0.5) is 4.39 Å². The van der Waals surface area contributed by atoms with Crippen molar-refractivity contribution in [3.8, 4) is 11.3 Å². The molecule has 0 N–H and O–H groups in total. The van der Waals surface area contributed by atoms with Crippen molar-refractivity contribution in [2.45, 2.75) is 24.7 Å². The predicted octanol–water partition coefficient (Wildman–Crippen LogP) is 3.63. The van der Waals surface area contributed by atoms with Gasteiger partial charge < -0.3 is 4.90 Å². The van der Waals surface area contributed by atoms with E-state index in [1.54, 1.807) is 12.1 Å². The smallest absolute Gasteiger partial charge is 0.132 e. The third-order valence-electron chi connectivity index (χ3n) is 5.09. The summed E-state index contributed by atoms with van der Waals surface area (Å²) in [7, 11) is 0. The Balaban J connectivity index is 1.67. The van der Waals surface area contributed by atoms with Gasteiger partial charge in [-0.05, 0) is 56.1 Å². The minimum absolute atomic E-state index is 0.208. The van der Waals surface area contributed by atoms with Crippen molar-refractivity contribution in [2.75, 3.05) is 19.6 Å². The van der Waals surface area contributed by atoms with Crippen molar-refractivity contribution in [2.24, 2.45) is 0 Å². The zero-order chi connectivity index (χ0) is 14.3.